The Morgan fingerprint density at radius 3 is 2.23 bits per heavy atom. The minimum absolute atomic E-state index is 0.0387. The highest BCUT2D eigenvalue weighted by atomic mass is 32.2. The van der Waals surface area contributed by atoms with Gasteiger partial charge in [0.05, 0.1) is 26.9 Å². The largest absolute Gasteiger partial charge is 0.496 e. The summed E-state index contributed by atoms with van der Waals surface area (Å²) in [6, 6.07) is 12.2. The lowest BCUT2D eigenvalue weighted by atomic mass is 10.0. The zero-order valence-electron chi connectivity index (χ0n) is 16.8. The number of methoxy groups -OCH3 is 3. The van der Waals surface area contributed by atoms with Crippen LogP contribution in [-0.4, -0.2) is 34.9 Å². The fourth-order valence-corrected chi connectivity index (χ4v) is 4.62. The molecule has 9 heteroatoms. The molecule has 1 aromatic heterocycles. The second-order valence-electron chi connectivity index (χ2n) is 6.91. The van der Waals surface area contributed by atoms with E-state index in [2.05, 4.69) is 9.88 Å². The second kappa shape index (κ2) is 7.91. The van der Waals surface area contributed by atoms with Gasteiger partial charge in [0.25, 0.3) is 10.0 Å². The van der Waals surface area contributed by atoms with Gasteiger partial charge >= 0.3 is 0 Å². The van der Waals surface area contributed by atoms with E-state index in [9.17, 15) is 8.42 Å². The summed E-state index contributed by atoms with van der Waals surface area (Å²) < 4.78 is 49.7. The first-order valence-corrected chi connectivity index (χ1v) is 10.8. The van der Waals surface area contributed by atoms with Gasteiger partial charge in [-0.15, -0.1) is 0 Å². The molecule has 0 radical (unpaired) electrons. The Labute approximate surface area is 174 Å². The molecular formula is C21H22N2O6S. The van der Waals surface area contributed by atoms with Gasteiger partial charge in [-0.05, 0) is 48.6 Å². The SMILES string of the molecule is COc1ccc(C2CC2)cc1-c1cc(NS(=O)(=O)c2c(OC)cccc2OC)no1. The summed E-state index contributed by atoms with van der Waals surface area (Å²) in [6.45, 7) is 0. The molecule has 1 aliphatic rings. The molecule has 0 saturated heterocycles. The monoisotopic (exact) mass is 430 g/mol. The van der Waals surface area contributed by atoms with Crippen LogP contribution >= 0.6 is 0 Å². The van der Waals surface area contributed by atoms with E-state index in [1.54, 1.807) is 25.3 Å². The molecule has 1 heterocycles. The summed E-state index contributed by atoms with van der Waals surface area (Å²) in [5, 5.41) is 3.88. The molecule has 1 aliphatic carbocycles. The molecule has 0 bridgehead atoms. The summed E-state index contributed by atoms with van der Waals surface area (Å²) in [5.74, 6) is 1.93. The van der Waals surface area contributed by atoms with Crippen LogP contribution in [0.25, 0.3) is 11.3 Å². The maximum atomic E-state index is 13.0. The van der Waals surface area contributed by atoms with Crippen LogP contribution in [0.4, 0.5) is 5.82 Å². The van der Waals surface area contributed by atoms with E-state index in [0.717, 1.165) is 18.4 Å². The summed E-state index contributed by atoms with van der Waals surface area (Å²) in [6.07, 6.45) is 2.32. The van der Waals surface area contributed by atoms with Crippen molar-refractivity contribution in [2.45, 2.75) is 23.7 Å². The summed E-state index contributed by atoms with van der Waals surface area (Å²) in [5.41, 5.74) is 1.91. The average Bonchev–Trinajstić information content (AvgIpc) is 3.51. The molecule has 0 amide bonds. The molecule has 3 aromatic rings. The van der Waals surface area contributed by atoms with Gasteiger partial charge in [-0.25, -0.2) is 8.42 Å². The zero-order chi connectivity index (χ0) is 21.3. The first-order valence-electron chi connectivity index (χ1n) is 9.35. The Kier molecular flexibility index (Phi) is 5.29. The van der Waals surface area contributed by atoms with Gasteiger partial charge in [-0.1, -0.05) is 17.3 Å². The maximum Gasteiger partial charge on any atom is 0.270 e. The first kappa shape index (κ1) is 20.1. The van der Waals surface area contributed by atoms with Crippen molar-refractivity contribution in [1.29, 1.82) is 0 Å². The van der Waals surface area contributed by atoms with Crippen molar-refractivity contribution in [3.05, 3.63) is 48.0 Å². The fraction of sp³-hybridized carbons (Fsp3) is 0.286. The zero-order valence-corrected chi connectivity index (χ0v) is 17.7. The Morgan fingerprint density at radius 1 is 0.967 bits per heavy atom. The lowest BCUT2D eigenvalue weighted by Crippen LogP contribution is -2.15. The molecule has 4 rings (SSSR count). The van der Waals surface area contributed by atoms with E-state index < -0.39 is 10.0 Å². The maximum absolute atomic E-state index is 13.0. The van der Waals surface area contributed by atoms with Crippen molar-refractivity contribution in [1.82, 2.24) is 5.16 Å². The molecule has 1 fully saturated rings. The van der Waals surface area contributed by atoms with Crippen molar-refractivity contribution < 1.29 is 27.2 Å². The number of sulfonamides is 1. The highest BCUT2D eigenvalue weighted by Gasteiger charge is 2.27. The van der Waals surface area contributed by atoms with Crippen LogP contribution in [0.1, 0.15) is 24.3 Å². The fourth-order valence-electron chi connectivity index (χ4n) is 3.31. The number of anilines is 1. The molecule has 0 spiro atoms. The Bertz CT molecular complexity index is 1150. The van der Waals surface area contributed by atoms with Crippen LogP contribution in [0.5, 0.6) is 17.2 Å². The van der Waals surface area contributed by atoms with E-state index in [1.807, 2.05) is 18.2 Å². The quantitative estimate of drug-likeness (QED) is 0.575. The topological polar surface area (TPSA) is 99.9 Å². The molecule has 30 heavy (non-hydrogen) atoms. The van der Waals surface area contributed by atoms with Gasteiger partial charge in [-0.2, -0.15) is 0 Å². The highest BCUT2D eigenvalue weighted by molar-refractivity contribution is 7.93. The van der Waals surface area contributed by atoms with Gasteiger partial charge in [0.1, 0.15) is 17.2 Å². The van der Waals surface area contributed by atoms with E-state index in [4.69, 9.17) is 18.7 Å². The summed E-state index contributed by atoms with van der Waals surface area (Å²) in [4.78, 5) is -0.118. The third-order valence-electron chi connectivity index (χ3n) is 4.94. The van der Waals surface area contributed by atoms with Crippen LogP contribution in [0, 0.1) is 0 Å². The smallest absolute Gasteiger partial charge is 0.270 e. The minimum atomic E-state index is -4.05. The standard InChI is InChI=1S/C21H22N2O6S/c1-26-16-10-9-14(13-7-8-13)11-15(16)19-12-20(22-29-19)23-30(24,25)21-17(27-2)5-4-6-18(21)28-3/h4-6,9-13H,7-8H2,1-3H3,(H,22,23). The van der Waals surface area contributed by atoms with Crippen LogP contribution in [0.2, 0.25) is 0 Å². The van der Waals surface area contributed by atoms with Crippen LogP contribution in [0.15, 0.2) is 51.9 Å². The predicted molar refractivity (Wildman–Crippen MR) is 111 cm³/mol. The number of nitrogens with zero attached hydrogens (tertiary/aromatic N) is 1. The predicted octanol–water partition coefficient (Wildman–Crippen LogP) is 4.05. The second-order valence-corrected chi connectivity index (χ2v) is 8.53. The van der Waals surface area contributed by atoms with Gasteiger partial charge in [0.15, 0.2) is 16.5 Å². The normalized spacial score (nSPS) is 13.7. The van der Waals surface area contributed by atoms with Gasteiger partial charge in [0.2, 0.25) is 0 Å². The molecule has 0 unspecified atom stereocenters. The molecule has 1 saturated carbocycles. The van der Waals surface area contributed by atoms with E-state index in [1.165, 1.54) is 25.8 Å². The summed E-state index contributed by atoms with van der Waals surface area (Å²) >= 11 is 0. The van der Waals surface area contributed by atoms with Crippen LogP contribution in [0.3, 0.4) is 0 Å². The van der Waals surface area contributed by atoms with Crippen molar-refractivity contribution >= 4 is 15.8 Å². The van der Waals surface area contributed by atoms with E-state index in [-0.39, 0.29) is 22.2 Å². The molecular weight excluding hydrogens is 408 g/mol. The van der Waals surface area contributed by atoms with Crippen molar-refractivity contribution in [2.75, 3.05) is 26.1 Å². The van der Waals surface area contributed by atoms with Crippen LogP contribution < -0.4 is 18.9 Å². The minimum Gasteiger partial charge on any atom is -0.496 e. The number of rotatable bonds is 8. The van der Waals surface area contributed by atoms with Crippen molar-refractivity contribution in [2.24, 2.45) is 0 Å². The van der Waals surface area contributed by atoms with E-state index in [0.29, 0.717) is 17.4 Å². The highest BCUT2D eigenvalue weighted by Crippen LogP contribution is 2.43. The number of nitrogens with one attached hydrogen (secondary N) is 1. The van der Waals surface area contributed by atoms with Crippen molar-refractivity contribution in [3.63, 3.8) is 0 Å². The molecule has 8 nitrogen and oxygen atoms in total. The molecule has 0 aliphatic heterocycles. The van der Waals surface area contributed by atoms with Gasteiger partial charge in [-0.3, -0.25) is 4.72 Å². The number of aromatic nitrogens is 1. The van der Waals surface area contributed by atoms with Gasteiger partial charge in [0, 0.05) is 6.07 Å². The third-order valence-corrected chi connectivity index (χ3v) is 6.36. The Morgan fingerprint density at radius 2 is 1.63 bits per heavy atom. The third kappa shape index (κ3) is 3.80. The summed E-state index contributed by atoms with van der Waals surface area (Å²) in [7, 11) is 0.304. The lowest BCUT2D eigenvalue weighted by Gasteiger charge is -2.13. The molecule has 2 aromatic carbocycles. The Hall–Kier alpha value is -3.20. The molecule has 158 valence electrons. The molecule has 1 N–H and O–H groups in total. The number of hydrogen-bond donors (Lipinski definition) is 1. The number of ether oxygens (including phenoxy) is 3. The number of benzene rings is 2. The number of hydrogen-bond acceptors (Lipinski definition) is 7. The van der Waals surface area contributed by atoms with Gasteiger partial charge < -0.3 is 18.7 Å². The van der Waals surface area contributed by atoms with E-state index >= 15 is 0 Å². The van der Waals surface area contributed by atoms with Crippen molar-refractivity contribution in [3.8, 4) is 28.6 Å². The first-order chi connectivity index (χ1) is 14.5. The lowest BCUT2D eigenvalue weighted by molar-refractivity contribution is 0.373. The Balaban J connectivity index is 1.67. The van der Waals surface area contributed by atoms with Crippen LogP contribution in [-0.2, 0) is 10.0 Å². The molecule has 0 atom stereocenters. The average molecular weight is 430 g/mol.